The molecule has 1 aromatic heterocycles. The van der Waals surface area contributed by atoms with E-state index in [1.165, 1.54) is 11.1 Å². The minimum atomic E-state index is -0.246. The van der Waals surface area contributed by atoms with Crippen LogP contribution in [0.15, 0.2) is 48.7 Å². The fraction of sp³-hybridized carbons (Fsp3) is 0.286. The number of carbonyl (C=O) groups excluding carboxylic acids is 1. The molecule has 0 fully saturated rings. The number of aromatic nitrogens is 1. The van der Waals surface area contributed by atoms with Crippen molar-refractivity contribution >= 4 is 16.8 Å². The number of aliphatic hydroxyl groups is 1. The molecule has 1 aliphatic rings. The topological polar surface area (TPSA) is 56.3 Å². The van der Waals surface area contributed by atoms with Gasteiger partial charge in [0.15, 0.2) is 0 Å². The number of aliphatic hydroxyl groups excluding tert-OH is 1. The van der Waals surface area contributed by atoms with Crippen molar-refractivity contribution in [3.05, 3.63) is 70.9 Å². The Morgan fingerprint density at radius 2 is 2.08 bits per heavy atom. The lowest BCUT2D eigenvalue weighted by Crippen LogP contribution is -2.42. The van der Waals surface area contributed by atoms with E-state index in [-0.39, 0.29) is 18.6 Å². The zero-order valence-electron chi connectivity index (χ0n) is 14.3. The number of H-pyrrole nitrogens is 1. The highest BCUT2D eigenvalue weighted by molar-refractivity contribution is 5.90. The SMILES string of the molecule is Cc1cccc2c(CC(=O)N3CCc4ccccc4[C@H]3CO)c[nH]c12. The van der Waals surface area contributed by atoms with Gasteiger partial charge in [-0.2, -0.15) is 0 Å². The Hall–Kier alpha value is -2.59. The molecular weight excluding hydrogens is 312 g/mol. The van der Waals surface area contributed by atoms with Gasteiger partial charge >= 0.3 is 0 Å². The maximum atomic E-state index is 13.0. The minimum absolute atomic E-state index is 0.0459. The molecule has 1 aliphatic heterocycles. The molecular formula is C21H22N2O2. The molecule has 2 N–H and O–H groups in total. The molecule has 0 saturated carbocycles. The van der Waals surface area contributed by atoms with Crippen molar-refractivity contribution in [1.82, 2.24) is 9.88 Å². The van der Waals surface area contributed by atoms with Crippen molar-refractivity contribution in [3.8, 4) is 0 Å². The van der Waals surface area contributed by atoms with Crippen LogP contribution in [0.5, 0.6) is 0 Å². The van der Waals surface area contributed by atoms with E-state index < -0.39 is 0 Å². The molecule has 0 aliphatic carbocycles. The molecule has 2 heterocycles. The van der Waals surface area contributed by atoms with Crippen molar-refractivity contribution < 1.29 is 9.90 Å². The number of amides is 1. The first-order valence-corrected chi connectivity index (χ1v) is 8.72. The van der Waals surface area contributed by atoms with E-state index in [2.05, 4.69) is 30.1 Å². The number of aryl methyl sites for hydroxylation is 1. The quantitative estimate of drug-likeness (QED) is 0.773. The van der Waals surface area contributed by atoms with Gasteiger partial charge in [0.25, 0.3) is 0 Å². The molecule has 25 heavy (non-hydrogen) atoms. The minimum Gasteiger partial charge on any atom is -0.394 e. The maximum Gasteiger partial charge on any atom is 0.227 e. The average Bonchev–Trinajstić information content (AvgIpc) is 3.05. The number of aromatic amines is 1. The maximum absolute atomic E-state index is 13.0. The van der Waals surface area contributed by atoms with Crippen LogP contribution >= 0.6 is 0 Å². The number of para-hydroxylation sites is 1. The molecule has 0 unspecified atom stereocenters. The summed E-state index contributed by atoms with van der Waals surface area (Å²) in [5.41, 5.74) is 5.58. The predicted molar refractivity (Wildman–Crippen MR) is 98.4 cm³/mol. The van der Waals surface area contributed by atoms with Gasteiger partial charge in [-0.15, -0.1) is 0 Å². The Kier molecular flexibility index (Phi) is 4.06. The number of carbonyl (C=O) groups is 1. The third-order valence-corrected chi connectivity index (χ3v) is 5.26. The fourth-order valence-electron chi connectivity index (χ4n) is 3.92. The van der Waals surface area contributed by atoms with Crippen molar-refractivity contribution in [1.29, 1.82) is 0 Å². The molecule has 3 aromatic rings. The first-order valence-electron chi connectivity index (χ1n) is 8.72. The zero-order chi connectivity index (χ0) is 17.4. The molecule has 128 valence electrons. The van der Waals surface area contributed by atoms with Crippen molar-refractivity contribution in [2.45, 2.75) is 25.8 Å². The highest BCUT2D eigenvalue weighted by Crippen LogP contribution is 2.30. The summed E-state index contributed by atoms with van der Waals surface area (Å²) < 4.78 is 0. The van der Waals surface area contributed by atoms with Gasteiger partial charge in [-0.1, -0.05) is 42.5 Å². The zero-order valence-corrected chi connectivity index (χ0v) is 14.3. The summed E-state index contributed by atoms with van der Waals surface area (Å²) in [5.74, 6) is 0.0657. The van der Waals surface area contributed by atoms with Gasteiger partial charge in [-0.25, -0.2) is 0 Å². The first-order chi connectivity index (χ1) is 12.2. The highest BCUT2D eigenvalue weighted by Gasteiger charge is 2.30. The van der Waals surface area contributed by atoms with E-state index in [1.54, 1.807) is 0 Å². The summed E-state index contributed by atoms with van der Waals surface area (Å²) in [5, 5.41) is 11.0. The van der Waals surface area contributed by atoms with Crippen molar-refractivity contribution in [2.24, 2.45) is 0 Å². The number of hydrogen-bond donors (Lipinski definition) is 2. The third kappa shape index (κ3) is 2.72. The van der Waals surface area contributed by atoms with Crippen LogP contribution in [0.1, 0.15) is 28.3 Å². The number of fused-ring (bicyclic) bond motifs is 2. The number of nitrogens with zero attached hydrogens (tertiary/aromatic N) is 1. The van der Waals surface area contributed by atoms with Gasteiger partial charge in [-0.3, -0.25) is 4.79 Å². The summed E-state index contributed by atoms with van der Waals surface area (Å²) >= 11 is 0. The number of nitrogens with one attached hydrogen (secondary N) is 1. The van der Waals surface area contributed by atoms with E-state index in [0.717, 1.165) is 28.5 Å². The Morgan fingerprint density at radius 1 is 1.24 bits per heavy atom. The second-order valence-electron chi connectivity index (χ2n) is 6.72. The normalized spacial score (nSPS) is 16.9. The van der Waals surface area contributed by atoms with Crippen LogP contribution in [0.25, 0.3) is 10.9 Å². The molecule has 0 radical (unpaired) electrons. The summed E-state index contributed by atoms with van der Waals surface area (Å²) in [6.07, 6.45) is 3.12. The lowest BCUT2D eigenvalue weighted by Gasteiger charge is -2.36. The third-order valence-electron chi connectivity index (χ3n) is 5.26. The van der Waals surface area contributed by atoms with Crippen LogP contribution in [0.2, 0.25) is 0 Å². The average molecular weight is 334 g/mol. The van der Waals surface area contributed by atoms with Gasteiger partial charge in [-0.05, 0) is 35.6 Å². The molecule has 4 rings (SSSR count). The highest BCUT2D eigenvalue weighted by atomic mass is 16.3. The number of hydrogen-bond acceptors (Lipinski definition) is 2. The van der Waals surface area contributed by atoms with Crippen molar-refractivity contribution in [2.75, 3.05) is 13.2 Å². The molecule has 1 amide bonds. The van der Waals surface area contributed by atoms with Gasteiger partial charge in [0.1, 0.15) is 0 Å². The van der Waals surface area contributed by atoms with Gasteiger partial charge in [0, 0.05) is 23.6 Å². The lowest BCUT2D eigenvalue weighted by atomic mass is 9.92. The second-order valence-corrected chi connectivity index (χ2v) is 6.72. The van der Waals surface area contributed by atoms with Crippen LogP contribution in [0.3, 0.4) is 0 Å². The van der Waals surface area contributed by atoms with Crippen LogP contribution in [0.4, 0.5) is 0 Å². The van der Waals surface area contributed by atoms with Gasteiger partial charge in [0.2, 0.25) is 5.91 Å². The standard InChI is InChI=1S/C21H22N2O2/c1-14-5-4-8-18-16(12-22-21(14)18)11-20(25)23-10-9-15-6-2-3-7-17(15)19(23)13-24/h2-8,12,19,22,24H,9-11,13H2,1H3/t19-/m1/s1. The molecule has 0 bridgehead atoms. The molecule has 0 saturated heterocycles. The lowest BCUT2D eigenvalue weighted by molar-refractivity contribution is -0.134. The van der Waals surface area contributed by atoms with Crippen LogP contribution in [-0.2, 0) is 17.6 Å². The first kappa shape index (κ1) is 15.9. The summed E-state index contributed by atoms with van der Waals surface area (Å²) in [6.45, 7) is 2.67. The van der Waals surface area contributed by atoms with E-state index in [9.17, 15) is 9.90 Å². The fourth-order valence-corrected chi connectivity index (χ4v) is 3.92. The Bertz CT molecular complexity index is 929. The number of benzene rings is 2. The van der Waals surface area contributed by atoms with Crippen LogP contribution in [-0.4, -0.2) is 34.0 Å². The monoisotopic (exact) mass is 334 g/mol. The Balaban J connectivity index is 1.61. The summed E-state index contributed by atoms with van der Waals surface area (Å²) in [4.78, 5) is 18.1. The van der Waals surface area contributed by atoms with E-state index >= 15 is 0 Å². The van der Waals surface area contributed by atoms with E-state index in [1.807, 2.05) is 35.4 Å². The van der Waals surface area contributed by atoms with Gasteiger partial charge < -0.3 is 15.0 Å². The summed E-state index contributed by atoms with van der Waals surface area (Å²) in [7, 11) is 0. The van der Waals surface area contributed by atoms with E-state index in [4.69, 9.17) is 0 Å². The molecule has 2 aromatic carbocycles. The predicted octanol–water partition coefficient (Wildman–Crippen LogP) is 3.14. The Labute approximate surface area is 147 Å². The number of rotatable bonds is 3. The molecule has 4 heteroatoms. The molecule has 1 atom stereocenters. The van der Waals surface area contributed by atoms with E-state index in [0.29, 0.717) is 13.0 Å². The smallest absolute Gasteiger partial charge is 0.227 e. The summed E-state index contributed by atoms with van der Waals surface area (Å²) in [6, 6.07) is 14.0. The molecule has 0 spiro atoms. The largest absolute Gasteiger partial charge is 0.394 e. The molecule has 4 nitrogen and oxygen atoms in total. The Morgan fingerprint density at radius 3 is 2.92 bits per heavy atom. The van der Waals surface area contributed by atoms with Crippen molar-refractivity contribution in [3.63, 3.8) is 0 Å². The van der Waals surface area contributed by atoms with Crippen LogP contribution < -0.4 is 0 Å². The van der Waals surface area contributed by atoms with Gasteiger partial charge in [0.05, 0.1) is 19.1 Å². The second kappa shape index (κ2) is 6.37. The van der Waals surface area contributed by atoms with Crippen LogP contribution in [0, 0.1) is 6.92 Å².